The maximum absolute atomic E-state index is 15.3. The summed E-state index contributed by atoms with van der Waals surface area (Å²) < 4.78 is 63.6. The summed E-state index contributed by atoms with van der Waals surface area (Å²) >= 11 is 0. The first-order valence-corrected chi connectivity index (χ1v) is 12.8. The van der Waals surface area contributed by atoms with Crippen molar-refractivity contribution in [2.45, 2.75) is 65.2 Å². The van der Waals surface area contributed by atoms with Crippen LogP contribution in [0.15, 0.2) is 37.1 Å². The van der Waals surface area contributed by atoms with E-state index in [0.29, 0.717) is 18.8 Å². The molecule has 0 bridgehead atoms. The summed E-state index contributed by atoms with van der Waals surface area (Å²) in [6, 6.07) is 1.89. The van der Waals surface area contributed by atoms with E-state index in [9.17, 15) is 27.9 Å². The number of hydrogen-bond donors (Lipinski definition) is 1. The highest BCUT2D eigenvalue weighted by molar-refractivity contribution is 6.03. The standard InChI is InChI=1S/C27H29F4N5O4/c1-15(2)36(25(37)18-6-4-16(3)5-7-18)22-10-21(28)23(9-19(22)26(38)39)40-24-20(27(29,30)31)8-17(11-32-24)12-35-13-33-34-14-35/h8-11,13-16,18H,4-7,12H2,1-3H3,(H,38,39). The van der Waals surface area contributed by atoms with Crippen molar-refractivity contribution in [2.75, 3.05) is 4.90 Å². The number of carbonyl (C=O) groups is 2. The van der Waals surface area contributed by atoms with Gasteiger partial charge in [-0.3, -0.25) is 4.79 Å². The van der Waals surface area contributed by atoms with Gasteiger partial charge in [0.2, 0.25) is 11.8 Å². The Morgan fingerprint density at radius 2 is 1.77 bits per heavy atom. The lowest BCUT2D eigenvalue weighted by Gasteiger charge is -2.34. The van der Waals surface area contributed by atoms with Crippen LogP contribution in [0.3, 0.4) is 0 Å². The van der Waals surface area contributed by atoms with Crippen LogP contribution < -0.4 is 9.64 Å². The fourth-order valence-electron chi connectivity index (χ4n) is 4.83. The summed E-state index contributed by atoms with van der Waals surface area (Å²) in [5.41, 5.74) is -1.79. The maximum Gasteiger partial charge on any atom is 0.421 e. The van der Waals surface area contributed by atoms with Gasteiger partial charge >= 0.3 is 12.1 Å². The highest BCUT2D eigenvalue weighted by atomic mass is 19.4. The number of carboxylic acids is 1. The number of nitrogens with zero attached hydrogens (tertiary/aromatic N) is 5. The second-order valence-electron chi connectivity index (χ2n) is 10.3. The molecule has 0 spiro atoms. The van der Waals surface area contributed by atoms with Gasteiger partial charge in [0.15, 0.2) is 11.6 Å². The summed E-state index contributed by atoms with van der Waals surface area (Å²) in [5.74, 6) is -4.53. The Morgan fingerprint density at radius 3 is 2.35 bits per heavy atom. The van der Waals surface area contributed by atoms with Crippen LogP contribution in [0.2, 0.25) is 0 Å². The molecule has 4 rings (SSSR count). The molecule has 0 radical (unpaired) electrons. The predicted octanol–water partition coefficient (Wildman–Crippen LogP) is 5.94. The van der Waals surface area contributed by atoms with Crippen LogP contribution >= 0.6 is 0 Å². The summed E-state index contributed by atoms with van der Waals surface area (Å²) in [4.78, 5) is 30.6. The molecular weight excluding hydrogens is 534 g/mol. The van der Waals surface area contributed by atoms with Crippen LogP contribution in [0.25, 0.3) is 0 Å². The lowest BCUT2D eigenvalue weighted by molar-refractivity contribution is -0.139. The van der Waals surface area contributed by atoms with E-state index in [1.165, 1.54) is 22.1 Å². The summed E-state index contributed by atoms with van der Waals surface area (Å²) in [7, 11) is 0. The van der Waals surface area contributed by atoms with Crippen LogP contribution in [0.4, 0.5) is 23.2 Å². The SMILES string of the molecule is CC1CCC(C(=O)N(c2cc(F)c(Oc3ncc(Cn4cnnc4)cc3C(F)(F)F)cc2C(=O)O)C(C)C)CC1. The smallest absolute Gasteiger partial charge is 0.421 e. The number of halogens is 4. The minimum Gasteiger partial charge on any atom is -0.478 e. The van der Waals surface area contributed by atoms with Gasteiger partial charge in [0.25, 0.3) is 0 Å². The Morgan fingerprint density at radius 1 is 1.12 bits per heavy atom. The molecule has 1 saturated carbocycles. The van der Waals surface area contributed by atoms with Gasteiger partial charge in [-0.15, -0.1) is 10.2 Å². The number of pyridine rings is 1. The molecule has 9 nitrogen and oxygen atoms in total. The number of rotatable bonds is 8. The zero-order valence-corrected chi connectivity index (χ0v) is 22.2. The molecule has 3 aromatic rings. The second kappa shape index (κ2) is 11.6. The molecular formula is C27H29F4N5O4. The third-order valence-electron chi connectivity index (χ3n) is 6.91. The minimum atomic E-state index is -4.91. The second-order valence-corrected chi connectivity index (χ2v) is 10.3. The van der Waals surface area contributed by atoms with Gasteiger partial charge in [0.05, 0.1) is 17.8 Å². The number of aromatic nitrogens is 4. The highest BCUT2D eigenvalue weighted by Crippen LogP contribution is 2.40. The molecule has 0 unspecified atom stereocenters. The predicted molar refractivity (Wildman–Crippen MR) is 136 cm³/mol. The van der Waals surface area contributed by atoms with E-state index in [2.05, 4.69) is 22.1 Å². The Bertz CT molecular complexity index is 1370. The van der Waals surface area contributed by atoms with E-state index in [1.54, 1.807) is 13.8 Å². The average Bonchev–Trinajstić information content (AvgIpc) is 3.39. The minimum absolute atomic E-state index is 0.00540. The van der Waals surface area contributed by atoms with Gasteiger partial charge in [-0.05, 0) is 57.1 Å². The van der Waals surface area contributed by atoms with E-state index < -0.39 is 46.8 Å². The van der Waals surface area contributed by atoms with Crippen molar-refractivity contribution in [1.29, 1.82) is 0 Å². The van der Waals surface area contributed by atoms with E-state index in [-0.39, 0.29) is 29.6 Å². The van der Waals surface area contributed by atoms with Gasteiger partial charge in [-0.25, -0.2) is 14.2 Å². The number of benzene rings is 1. The number of carboxylic acid groups (broad SMARTS) is 1. The zero-order chi connectivity index (χ0) is 29.2. The Hall–Kier alpha value is -4.03. The normalized spacial score (nSPS) is 17.6. The van der Waals surface area contributed by atoms with Gasteiger partial charge in [0, 0.05) is 30.3 Å². The summed E-state index contributed by atoms with van der Waals surface area (Å²) in [6.45, 7) is 5.45. The molecule has 40 heavy (non-hydrogen) atoms. The van der Waals surface area contributed by atoms with Crippen molar-refractivity contribution >= 4 is 17.6 Å². The van der Waals surface area contributed by atoms with Crippen molar-refractivity contribution in [3.63, 3.8) is 0 Å². The van der Waals surface area contributed by atoms with Gasteiger partial charge in [-0.2, -0.15) is 13.2 Å². The molecule has 1 aliphatic carbocycles. The van der Waals surface area contributed by atoms with Crippen LogP contribution in [-0.4, -0.2) is 42.8 Å². The molecule has 1 aliphatic rings. The van der Waals surface area contributed by atoms with Gasteiger partial charge in [-0.1, -0.05) is 6.92 Å². The zero-order valence-electron chi connectivity index (χ0n) is 22.2. The van der Waals surface area contributed by atoms with Crippen molar-refractivity contribution in [1.82, 2.24) is 19.7 Å². The largest absolute Gasteiger partial charge is 0.478 e. The van der Waals surface area contributed by atoms with Crippen molar-refractivity contribution in [3.05, 3.63) is 59.6 Å². The molecule has 1 amide bonds. The van der Waals surface area contributed by atoms with Gasteiger partial charge in [0.1, 0.15) is 18.2 Å². The van der Waals surface area contributed by atoms with Crippen molar-refractivity contribution in [3.8, 4) is 11.6 Å². The Balaban J connectivity index is 1.70. The van der Waals surface area contributed by atoms with Gasteiger partial charge < -0.3 is 19.3 Å². The van der Waals surface area contributed by atoms with Crippen LogP contribution in [-0.2, 0) is 17.5 Å². The molecule has 2 heterocycles. The molecule has 2 aromatic heterocycles. The quantitative estimate of drug-likeness (QED) is 0.338. The van der Waals surface area contributed by atoms with E-state index in [0.717, 1.165) is 37.2 Å². The summed E-state index contributed by atoms with van der Waals surface area (Å²) in [6.07, 6.45) is 1.83. The third kappa shape index (κ3) is 6.40. The average molecular weight is 564 g/mol. The van der Waals surface area contributed by atoms with E-state index in [4.69, 9.17) is 4.74 Å². The monoisotopic (exact) mass is 563 g/mol. The number of carbonyl (C=O) groups excluding carboxylic acids is 1. The lowest BCUT2D eigenvalue weighted by atomic mass is 9.82. The molecule has 0 atom stereocenters. The van der Waals surface area contributed by atoms with Crippen molar-refractivity contribution < 1.29 is 37.0 Å². The molecule has 1 fully saturated rings. The topological polar surface area (TPSA) is 110 Å². The number of ether oxygens (including phenoxy) is 1. The van der Waals surface area contributed by atoms with E-state index >= 15 is 4.39 Å². The van der Waals surface area contributed by atoms with Crippen LogP contribution in [0, 0.1) is 17.7 Å². The lowest BCUT2D eigenvalue weighted by Crippen LogP contribution is -2.43. The number of alkyl halides is 3. The van der Waals surface area contributed by atoms with E-state index in [1.807, 2.05) is 0 Å². The summed E-state index contributed by atoms with van der Waals surface area (Å²) in [5, 5.41) is 17.1. The number of amides is 1. The Labute approximate surface area is 227 Å². The highest BCUT2D eigenvalue weighted by Gasteiger charge is 2.37. The van der Waals surface area contributed by atoms with Crippen molar-refractivity contribution in [2.24, 2.45) is 11.8 Å². The third-order valence-corrected chi connectivity index (χ3v) is 6.91. The van der Waals surface area contributed by atoms with Crippen LogP contribution in [0.5, 0.6) is 11.6 Å². The molecule has 0 saturated heterocycles. The maximum atomic E-state index is 15.3. The van der Waals surface area contributed by atoms with Crippen LogP contribution in [0.1, 0.15) is 67.9 Å². The Kier molecular flexibility index (Phi) is 8.40. The number of anilines is 1. The molecule has 0 aliphatic heterocycles. The number of aromatic carboxylic acids is 1. The molecule has 13 heteroatoms. The fraction of sp³-hybridized carbons (Fsp3) is 0.444. The first-order chi connectivity index (χ1) is 18.8. The first-order valence-electron chi connectivity index (χ1n) is 12.8. The molecule has 1 N–H and O–H groups in total. The number of hydrogen-bond acceptors (Lipinski definition) is 6. The molecule has 214 valence electrons. The fourth-order valence-corrected chi connectivity index (χ4v) is 4.83. The molecule has 1 aromatic carbocycles. The first kappa shape index (κ1) is 29.0.